The van der Waals surface area contributed by atoms with Gasteiger partial charge in [-0.05, 0) is 52.0 Å². The van der Waals surface area contributed by atoms with Gasteiger partial charge in [0.25, 0.3) is 0 Å². The van der Waals surface area contributed by atoms with Gasteiger partial charge >= 0.3 is 0 Å². The molecule has 0 aliphatic rings. The van der Waals surface area contributed by atoms with E-state index in [9.17, 15) is 0 Å². The zero-order valence-corrected chi connectivity index (χ0v) is 13.3. The van der Waals surface area contributed by atoms with Crippen molar-refractivity contribution in [3.8, 4) is 22.8 Å². The summed E-state index contributed by atoms with van der Waals surface area (Å²) in [5, 5.41) is 0. The zero-order chi connectivity index (χ0) is 15.7. The van der Waals surface area contributed by atoms with E-state index in [1.165, 1.54) is 0 Å². The van der Waals surface area contributed by atoms with Gasteiger partial charge in [-0.25, -0.2) is 9.97 Å². The number of nitrogens with zero attached hydrogens (tertiary/aromatic N) is 4. The topological polar surface area (TPSA) is 51.6 Å². The van der Waals surface area contributed by atoms with Gasteiger partial charge in [0.15, 0.2) is 0 Å². The molecule has 0 unspecified atom stereocenters. The van der Waals surface area contributed by atoms with Gasteiger partial charge < -0.3 is 0 Å². The number of rotatable bonds is 2. The Morgan fingerprint density at radius 1 is 0.545 bits per heavy atom. The summed E-state index contributed by atoms with van der Waals surface area (Å²) >= 11 is 0. The van der Waals surface area contributed by atoms with Gasteiger partial charge in [0, 0.05) is 11.4 Å². The summed E-state index contributed by atoms with van der Waals surface area (Å²) in [6.07, 6.45) is 0. The standard InChI is InChI=1S/C18H18N4/c1-11-7-5-9-15(19-11)17-18(22-14(4)13(3)21-17)16-10-6-8-12(2)20-16/h5-10H,1-4H3. The lowest BCUT2D eigenvalue weighted by Gasteiger charge is -2.11. The first-order chi connectivity index (χ1) is 10.5. The van der Waals surface area contributed by atoms with Crippen LogP contribution in [0.3, 0.4) is 0 Å². The van der Waals surface area contributed by atoms with Crippen LogP contribution in [-0.4, -0.2) is 19.9 Å². The Hall–Kier alpha value is -2.62. The van der Waals surface area contributed by atoms with E-state index in [-0.39, 0.29) is 0 Å². The summed E-state index contributed by atoms with van der Waals surface area (Å²) in [6.45, 7) is 7.88. The summed E-state index contributed by atoms with van der Waals surface area (Å²) in [5.74, 6) is 0. The normalized spacial score (nSPS) is 10.7. The maximum Gasteiger partial charge on any atom is 0.117 e. The van der Waals surface area contributed by atoms with Gasteiger partial charge in [-0.15, -0.1) is 0 Å². The molecule has 0 aliphatic heterocycles. The lowest BCUT2D eigenvalue weighted by Crippen LogP contribution is -2.02. The third-order valence-corrected chi connectivity index (χ3v) is 3.57. The van der Waals surface area contributed by atoms with Crippen LogP contribution in [0.5, 0.6) is 0 Å². The van der Waals surface area contributed by atoms with Crippen molar-refractivity contribution in [1.29, 1.82) is 0 Å². The molecular weight excluding hydrogens is 272 g/mol. The van der Waals surface area contributed by atoms with Gasteiger partial charge in [-0.2, -0.15) is 0 Å². The molecule has 4 nitrogen and oxygen atoms in total. The predicted molar refractivity (Wildman–Crippen MR) is 87.4 cm³/mol. The van der Waals surface area contributed by atoms with Gasteiger partial charge in [0.2, 0.25) is 0 Å². The summed E-state index contributed by atoms with van der Waals surface area (Å²) in [6, 6.07) is 11.9. The van der Waals surface area contributed by atoms with Crippen molar-refractivity contribution in [3.63, 3.8) is 0 Å². The first kappa shape index (κ1) is 14.3. The highest BCUT2D eigenvalue weighted by molar-refractivity contribution is 5.74. The van der Waals surface area contributed by atoms with Crippen LogP contribution in [0.1, 0.15) is 22.8 Å². The molecule has 0 saturated heterocycles. The minimum atomic E-state index is 0.782. The molecule has 0 spiro atoms. The van der Waals surface area contributed by atoms with E-state index in [0.717, 1.165) is 45.6 Å². The van der Waals surface area contributed by atoms with Crippen LogP contribution in [0.25, 0.3) is 22.8 Å². The summed E-state index contributed by atoms with van der Waals surface area (Å²) in [7, 11) is 0. The van der Waals surface area contributed by atoms with Gasteiger partial charge in [0.05, 0.1) is 22.8 Å². The molecule has 3 aromatic heterocycles. The molecule has 0 fully saturated rings. The number of aryl methyl sites for hydroxylation is 4. The largest absolute Gasteiger partial charge is 0.251 e. The van der Waals surface area contributed by atoms with E-state index in [0.29, 0.717) is 0 Å². The van der Waals surface area contributed by atoms with Crippen LogP contribution >= 0.6 is 0 Å². The van der Waals surface area contributed by atoms with Crippen LogP contribution < -0.4 is 0 Å². The number of aromatic nitrogens is 4. The van der Waals surface area contributed by atoms with Crippen molar-refractivity contribution in [1.82, 2.24) is 19.9 Å². The molecule has 3 rings (SSSR count). The van der Waals surface area contributed by atoms with Crippen molar-refractivity contribution >= 4 is 0 Å². The van der Waals surface area contributed by atoms with Crippen LogP contribution in [0, 0.1) is 27.7 Å². The Bertz CT molecular complexity index is 770. The fourth-order valence-electron chi connectivity index (χ4n) is 2.31. The van der Waals surface area contributed by atoms with Gasteiger partial charge in [-0.1, -0.05) is 12.1 Å². The minimum absolute atomic E-state index is 0.782. The van der Waals surface area contributed by atoms with E-state index in [1.807, 2.05) is 64.1 Å². The molecule has 22 heavy (non-hydrogen) atoms. The average Bonchev–Trinajstić information content (AvgIpc) is 2.49. The van der Waals surface area contributed by atoms with Gasteiger partial charge in [0.1, 0.15) is 11.4 Å². The third-order valence-electron chi connectivity index (χ3n) is 3.57. The number of hydrogen-bond acceptors (Lipinski definition) is 4. The molecule has 0 N–H and O–H groups in total. The second kappa shape index (κ2) is 5.64. The molecule has 0 aliphatic carbocycles. The first-order valence-corrected chi connectivity index (χ1v) is 7.28. The van der Waals surface area contributed by atoms with E-state index in [1.54, 1.807) is 0 Å². The second-order valence-corrected chi connectivity index (χ2v) is 5.42. The summed E-state index contributed by atoms with van der Waals surface area (Å²) in [5.41, 5.74) is 6.96. The van der Waals surface area contributed by atoms with E-state index >= 15 is 0 Å². The molecule has 3 aromatic rings. The maximum atomic E-state index is 4.73. The number of hydrogen-bond donors (Lipinski definition) is 0. The van der Waals surface area contributed by atoms with Crippen molar-refractivity contribution in [3.05, 3.63) is 59.2 Å². The smallest absolute Gasteiger partial charge is 0.117 e. The van der Waals surface area contributed by atoms with Crippen LogP contribution in [0.15, 0.2) is 36.4 Å². The summed E-state index contributed by atoms with van der Waals surface area (Å²) < 4.78 is 0. The maximum absolute atomic E-state index is 4.73. The monoisotopic (exact) mass is 290 g/mol. The lowest BCUT2D eigenvalue weighted by molar-refractivity contribution is 1.03. The van der Waals surface area contributed by atoms with E-state index < -0.39 is 0 Å². The minimum Gasteiger partial charge on any atom is -0.251 e. The lowest BCUT2D eigenvalue weighted by atomic mass is 10.1. The predicted octanol–water partition coefficient (Wildman–Crippen LogP) is 3.83. The fourth-order valence-corrected chi connectivity index (χ4v) is 2.31. The second-order valence-electron chi connectivity index (χ2n) is 5.42. The Morgan fingerprint density at radius 3 is 1.32 bits per heavy atom. The highest BCUT2D eigenvalue weighted by Gasteiger charge is 2.15. The zero-order valence-electron chi connectivity index (χ0n) is 13.3. The van der Waals surface area contributed by atoms with Crippen molar-refractivity contribution in [2.45, 2.75) is 27.7 Å². The Morgan fingerprint density at radius 2 is 0.955 bits per heavy atom. The molecule has 0 atom stereocenters. The van der Waals surface area contributed by atoms with Gasteiger partial charge in [-0.3, -0.25) is 9.97 Å². The quantitative estimate of drug-likeness (QED) is 0.719. The Balaban J connectivity index is 2.27. The van der Waals surface area contributed by atoms with Crippen LogP contribution in [0.4, 0.5) is 0 Å². The molecular formula is C18H18N4. The van der Waals surface area contributed by atoms with Crippen LogP contribution in [0.2, 0.25) is 0 Å². The SMILES string of the molecule is Cc1cccc(-c2nc(C)c(C)nc2-c2cccc(C)n2)n1. The molecule has 0 radical (unpaired) electrons. The van der Waals surface area contributed by atoms with E-state index in [2.05, 4.69) is 9.97 Å². The van der Waals surface area contributed by atoms with E-state index in [4.69, 9.17) is 9.97 Å². The fraction of sp³-hybridized carbons (Fsp3) is 0.222. The Labute approximate surface area is 130 Å². The molecule has 110 valence electrons. The summed E-state index contributed by atoms with van der Waals surface area (Å²) in [4.78, 5) is 18.6. The van der Waals surface area contributed by atoms with Crippen LogP contribution in [-0.2, 0) is 0 Å². The van der Waals surface area contributed by atoms with Crippen molar-refractivity contribution in [2.75, 3.05) is 0 Å². The average molecular weight is 290 g/mol. The molecule has 0 bridgehead atoms. The molecule has 0 aromatic carbocycles. The molecule has 3 heterocycles. The highest BCUT2D eigenvalue weighted by atomic mass is 14.9. The van der Waals surface area contributed by atoms with Crippen molar-refractivity contribution in [2.24, 2.45) is 0 Å². The highest BCUT2D eigenvalue weighted by Crippen LogP contribution is 2.27. The molecule has 0 amide bonds. The Kier molecular flexibility index (Phi) is 3.67. The first-order valence-electron chi connectivity index (χ1n) is 7.28. The van der Waals surface area contributed by atoms with Crippen molar-refractivity contribution < 1.29 is 0 Å². The molecule has 0 saturated carbocycles. The number of pyridine rings is 2. The third kappa shape index (κ3) is 2.72. The molecule has 4 heteroatoms.